The number of imidazole rings is 1. The lowest BCUT2D eigenvalue weighted by molar-refractivity contribution is 0.0519. The second-order valence-electron chi connectivity index (χ2n) is 10.7. The zero-order chi connectivity index (χ0) is 26.4. The van der Waals surface area contributed by atoms with E-state index in [1.807, 2.05) is 76.4 Å². The number of nitrogens with one attached hydrogen (secondary N) is 2. The highest BCUT2D eigenvalue weighted by atomic mass is 16.6. The fraction of sp³-hybridized carbons (Fsp3) is 0.483. The normalized spacial score (nSPS) is 15.2. The molecule has 37 heavy (non-hydrogen) atoms. The molecule has 2 N–H and O–H groups in total. The van der Waals surface area contributed by atoms with E-state index in [0.717, 1.165) is 5.56 Å². The Bertz CT molecular complexity index is 1210. The number of ether oxygens (including phenoxy) is 2. The Kier molecular flexibility index (Phi) is 8.36. The maximum absolute atomic E-state index is 13.6. The van der Waals surface area contributed by atoms with E-state index in [4.69, 9.17) is 9.47 Å². The second-order valence-corrected chi connectivity index (χ2v) is 10.7. The molecule has 0 radical (unpaired) electrons. The van der Waals surface area contributed by atoms with E-state index in [0.29, 0.717) is 35.3 Å². The minimum Gasteiger partial charge on any atom is -0.489 e. The number of hydrogen-bond donors (Lipinski definition) is 2. The molecule has 1 unspecified atom stereocenters. The third-order valence-corrected chi connectivity index (χ3v) is 6.56. The van der Waals surface area contributed by atoms with Gasteiger partial charge >= 0.3 is 6.09 Å². The Morgan fingerprint density at radius 2 is 1.81 bits per heavy atom. The summed E-state index contributed by atoms with van der Waals surface area (Å²) < 4.78 is 13.3. The molecule has 8 nitrogen and oxygen atoms in total. The summed E-state index contributed by atoms with van der Waals surface area (Å²) in [6, 6.07) is 12.9. The molecule has 2 aromatic heterocycles. The summed E-state index contributed by atoms with van der Waals surface area (Å²) in [6.07, 6.45) is 7.51. The molecule has 1 aliphatic rings. The zero-order valence-corrected chi connectivity index (χ0v) is 22.3. The van der Waals surface area contributed by atoms with Crippen LogP contribution in [0.25, 0.3) is 5.65 Å². The quantitative estimate of drug-likeness (QED) is 0.415. The molecule has 198 valence electrons. The van der Waals surface area contributed by atoms with Crippen molar-refractivity contribution in [2.75, 3.05) is 13.2 Å². The summed E-state index contributed by atoms with van der Waals surface area (Å²) in [7, 11) is 0. The summed E-state index contributed by atoms with van der Waals surface area (Å²) in [5.41, 5.74) is 1.94. The number of aromatic nitrogens is 2. The molecule has 0 aliphatic heterocycles. The molecule has 0 saturated heterocycles. The van der Waals surface area contributed by atoms with E-state index in [1.54, 1.807) is 4.40 Å². The van der Waals surface area contributed by atoms with Crippen molar-refractivity contribution in [3.05, 3.63) is 65.6 Å². The first-order chi connectivity index (χ1) is 17.7. The average Bonchev–Trinajstić information content (AvgIpc) is 3.21. The highest BCUT2D eigenvalue weighted by Crippen LogP contribution is 2.27. The predicted molar refractivity (Wildman–Crippen MR) is 143 cm³/mol. The number of hydrogen-bond acceptors (Lipinski definition) is 5. The first-order valence-corrected chi connectivity index (χ1v) is 13.1. The van der Waals surface area contributed by atoms with Crippen molar-refractivity contribution in [2.24, 2.45) is 5.92 Å². The number of carbonyl (C=O) groups excluding carboxylic acids is 2. The molecule has 0 spiro atoms. The summed E-state index contributed by atoms with van der Waals surface area (Å²) in [5.74, 6) is 0.965. The summed E-state index contributed by atoms with van der Waals surface area (Å²) >= 11 is 0. The van der Waals surface area contributed by atoms with Gasteiger partial charge in [0, 0.05) is 12.7 Å². The van der Waals surface area contributed by atoms with Gasteiger partial charge in [-0.3, -0.25) is 9.20 Å². The van der Waals surface area contributed by atoms with Crippen LogP contribution in [0.2, 0.25) is 0 Å². The van der Waals surface area contributed by atoms with E-state index < -0.39 is 17.7 Å². The number of benzene rings is 1. The van der Waals surface area contributed by atoms with E-state index in [-0.39, 0.29) is 12.5 Å². The van der Waals surface area contributed by atoms with Crippen molar-refractivity contribution in [2.45, 2.75) is 71.4 Å². The first-order valence-electron chi connectivity index (χ1n) is 13.1. The molecule has 1 saturated carbocycles. The van der Waals surface area contributed by atoms with E-state index in [1.165, 1.54) is 32.1 Å². The maximum atomic E-state index is 13.6. The number of alkyl carbamates (subject to hydrolysis) is 1. The number of fused-ring (bicyclic) bond motifs is 1. The third kappa shape index (κ3) is 7.02. The summed E-state index contributed by atoms with van der Waals surface area (Å²) in [6.45, 7) is 8.09. The van der Waals surface area contributed by atoms with Crippen LogP contribution < -0.4 is 15.4 Å². The SMILES string of the molecule is Cc1nc2c(OCC3CCCCC3)cccn2c1C(=O)NC(CNC(=O)OC(C)(C)C)c1ccccc1. The van der Waals surface area contributed by atoms with Crippen molar-refractivity contribution < 1.29 is 19.1 Å². The van der Waals surface area contributed by atoms with Crippen molar-refractivity contribution in [3.8, 4) is 5.75 Å². The summed E-state index contributed by atoms with van der Waals surface area (Å²) in [5, 5.41) is 5.86. The average molecular weight is 507 g/mol. The van der Waals surface area contributed by atoms with Gasteiger partial charge in [0.15, 0.2) is 11.4 Å². The van der Waals surface area contributed by atoms with Crippen LogP contribution in [-0.4, -0.2) is 40.1 Å². The van der Waals surface area contributed by atoms with Gasteiger partial charge in [-0.25, -0.2) is 9.78 Å². The molecule has 4 rings (SSSR count). The Morgan fingerprint density at radius 1 is 1.08 bits per heavy atom. The van der Waals surface area contributed by atoms with E-state index >= 15 is 0 Å². The van der Waals surface area contributed by atoms with Gasteiger partial charge in [-0.15, -0.1) is 0 Å². The molecule has 2 amide bonds. The van der Waals surface area contributed by atoms with Crippen LogP contribution in [-0.2, 0) is 4.74 Å². The van der Waals surface area contributed by atoms with Gasteiger partial charge in [-0.1, -0.05) is 49.6 Å². The number of rotatable bonds is 8. The van der Waals surface area contributed by atoms with Crippen molar-refractivity contribution in [3.63, 3.8) is 0 Å². The Hall–Kier alpha value is -3.55. The fourth-order valence-electron chi connectivity index (χ4n) is 4.77. The van der Waals surface area contributed by atoms with Gasteiger partial charge in [0.25, 0.3) is 5.91 Å². The van der Waals surface area contributed by atoms with Crippen molar-refractivity contribution in [1.29, 1.82) is 0 Å². The number of pyridine rings is 1. The fourth-order valence-corrected chi connectivity index (χ4v) is 4.77. The van der Waals surface area contributed by atoms with Crippen LogP contribution in [0.1, 0.15) is 80.7 Å². The van der Waals surface area contributed by atoms with Crippen molar-refractivity contribution in [1.82, 2.24) is 20.0 Å². The number of amides is 2. The molecule has 1 atom stereocenters. The minimum atomic E-state index is -0.611. The minimum absolute atomic E-state index is 0.177. The number of aryl methyl sites for hydroxylation is 1. The second kappa shape index (κ2) is 11.7. The van der Waals surface area contributed by atoms with Gasteiger partial charge in [0.05, 0.1) is 18.3 Å². The van der Waals surface area contributed by atoms with Crippen LogP contribution in [0.5, 0.6) is 5.75 Å². The molecule has 3 aromatic rings. The van der Waals surface area contributed by atoms with Gasteiger partial charge in [0.1, 0.15) is 11.3 Å². The monoisotopic (exact) mass is 506 g/mol. The molecule has 0 bridgehead atoms. The number of carbonyl (C=O) groups is 2. The predicted octanol–water partition coefficient (Wildman–Crippen LogP) is 5.60. The third-order valence-electron chi connectivity index (χ3n) is 6.56. The van der Waals surface area contributed by atoms with E-state index in [9.17, 15) is 9.59 Å². The molecular weight excluding hydrogens is 468 g/mol. The molecule has 8 heteroatoms. The van der Waals surface area contributed by atoms with Gasteiger partial charge < -0.3 is 20.1 Å². The molecule has 1 fully saturated rings. The summed E-state index contributed by atoms with van der Waals surface area (Å²) in [4.78, 5) is 30.5. The van der Waals surface area contributed by atoms with Crippen LogP contribution in [0.4, 0.5) is 4.79 Å². The molecule has 2 heterocycles. The Labute approximate surface area is 218 Å². The first kappa shape index (κ1) is 26.5. The van der Waals surface area contributed by atoms with Crippen LogP contribution in [0.3, 0.4) is 0 Å². The number of nitrogens with zero attached hydrogens (tertiary/aromatic N) is 2. The van der Waals surface area contributed by atoms with Gasteiger partial charge in [-0.05, 0) is 64.2 Å². The van der Waals surface area contributed by atoms with E-state index in [2.05, 4.69) is 15.6 Å². The highest BCUT2D eigenvalue weighted by molar-refractivity contribution is 5.95. The lowest BCUT2D eigenvalue weighted by atomic mass is 9.90. The smallest absolute Gasteiger partial charge is 0.407 e. The highest BCUT2D eigenvalue weighted by Gasteiger charge is 2.24. The molecule has 1 aliphatic carbocycles. The molecular formula is C29H38N4O4. The van der Waals surface area contributed by atoms with Crippen LogP contribution in [0, 0.1) is 12.8 Å². The maximum Gasteiger partial charge on any atom is 0.407 e. The topological polar surface area (TPSA) is 94.0 Å². The lowest BCUT2D eigenvalue weighted by Gasteiger charge is -2.23. The van der Waals surface area contributed by atoms with Crippen molar-refractivity contribution >= 4 is 17.6 Å². The zero-order valence-electron chi connectivity index (χ0n) is 22.3. The lowest BCUT2D eigenvalue weighted by Crippen LogP contribution is -2.40. The van der Waals surface area contributed by atoms with Crippen LogP contribution in [0.15, 0.2) is 48.7 Å². The Balaban J connectivity index is 1.52. The largest absolute Gasteiger partial charge is 0.489 e. The molecule has 1 aromatic carbocycles. The van der Waals surface area contributed by atoms with Crippen LogP contribution >= 0.6 is 0 Å². The van der Waals surface area contributed by atoms with Gasteiger partial charge in [0.2, 0.25) is 0 Å². The van der Waals surface area contributed by atoms with Gasteiger partial charge in [-0.2, -0.15) is 0 Å². The Morgan fingerprint density at radius 3 is 2.51 bits per heavy atom. The standard InChI is InChI=1S/C29H38N4O4/c1-20-25(33-17-11-16-24(26(33)31-20)36-19-21-12-7-5-8-13-21)27(34)32-23(22-14-9-6-10-15-22)18-30-28(35)37-29(2,3)4/h6,9-11,14-17,21,23H,5,7-8,12-13,18-19H2,1-4H3,(H,30,35)(H,32,34).